The van der Waals surface area contributed by atoms with E-state index in [1.54, 1.807) is 4.68 Å². The molecule has 2 aliphatic heterocycles. The van der Waals surface area contributed by atoms with Crippen molar-refractivity contribution in [1.82, 2.24) is 20.2 Å². The highest BCUT2D eigenvalue weighted by Crippen LogP contribution is 2.34. The Labute approximate surface area is 98.0 Å². The van der Waals surface area contributed by atoms with Crippen molar-refractivity contribution in [3.8, 4) is 0 Å². The van der Waals surface area contributed by atoms with Gasteiger partial charge >= 0.3 is 0 Å². The van der Waals surface area contributed by atoms with Crippen LogP contribution in [-0.4, -0.2) is 56.8 Å². The second-order valence-corrected chi connectivity index (χ2v) is 4.21. The lowest BCUT2D eigenvalue weighted by Gasteiger charge is -2.15. The summed E-state index contributed by atoms with van der Waals surface area (Å²) in [5, 5.41) is 21.2. The van der Waals surface area contributed by atoms with Crippen LogP contribution < -0.4 is 0 Å². The fourth-order valence-electron chi connectivity index (χ4n) is 2.36. The van der Waals surface area contributed by atoms with Crippen LogP contribution in [0.1, 0.15) is 18.8 Å². The van der Waals surface area contributed by atoms with Gasteiger partial charge in [0, 0.05) is 0 Å². The van der Waals surface area contributed by atoms with Gasteiger partial charge in [-0.2, -0.15) is 0 Å². The van der Waals surface area contributed by atoms with E-state index in [1.165, 1.54) is 0 Å². The standard InChI is InChI=1S/C10H14N4O3/c1-2-3-8-11-12-13-14(8)6-4-16-10-7(15)5-17-9(6)10/h2-3,6-7,9-10,15H,4-5H2,1H3. The van der Waals surface area contributed by atoms with E-state index in [-0.39, 0.29) is 18.2 Å². The van der Waals surface area contributed by atoms with Gasteiger partial charge in [0.15, 0.2) is 5.82 Å². The summed E-state index contributed by atoms with van der Waals surface area (Å²) in [6.45, 7) is 2.68. The summed E-state index contributed by atoms with van der Waals surface area (Å²) in [5.41, 5.74) is 0. The molecule has 2 saturated heterocycles. The SMILES string of the molecule is CC=Cc1nnnn1C1COC2C(O)COC21. The normalized spacial score (nSPS) is 36.8. The third kappa shape index (κ3) is 1.67. The molecule has 3 rings (SSSR count). The van der Waals surface area contributed by atoms with Gasteiger partial charge in [0.25, 0.3) is 0 Å². The summed E-state index contributed by atoms with van der Waals surface area (Å²) in [7, 11) is 0. The number of tetrazole rings is 1. The fraction of sp³-hybridized carbons (Fsp3) is 0.700. The predicted molar refractivity (Wildman–Crippen MR) is 57.0 cm³/mol. The Morgan fingerprint density at radius 1 is 1.35 bits per heavy atom. The first-order valence-corrected chi connectivity index (χ1v) is 5.63. The number of hydrogen-bond acceptors (Lipinski definition) is 6. The average Bonchev–Trinajstić information content (AvgIpc) is 2.97. The number of aliphatic hydroxyl groups is 1. The molecule has 0 aromatic carbocycles. The van der Waals surface area contributed by atoms with Crippen molar-refractivity contribution in [2.75, 3.05) is 13.2 Å². The first kappa shape index (κ1) is 10.8. The number of ether oxygens (including phenoxy) is 2. The highest BCUT2D eigenvalue weighted by Gasteiger charge is 2.48. The summed E-state index contributed by atoms with van der Waals surface area (Å²) in [6, 6.07) is -0.0710. The molecule has 0 amide bonds. The highest BCUT2D eigenvalue weighted by molar-refractivity contribution is 5.38. The van der Waals surface area contributed by atoms with Crippen molar-refractivity contribution in [3.05, 3.63) is 11.9 Å². The van der Waals surface area contributed by atoms with Crippen LogP contribution in [0.4, 0.5) is 0 Å². The van der Waals surface area contributed by atoms with E-state index in [0.717, 1.165) is 0 Å². The molecule has 4 atom stereocenters. The van der Waals surface area contributed by atoms with Crippen LogP contribution in [-0.2, 0) is 9.47 Å². The third-order valence-corrected chi connectivity index (χ3v) is 3.15. The van der Waals surface area contributed by atoms with Gasteiger partial charge in [-0.05, 0) is 23.4 Å². The van der Waals surface area contributed by atoms with Crippen LogP contribution in [0.3, 0.4) is 0 Å². The van der Waals surface area contributed by atoms with E-state index in [4.69, 9.17) is 9.47 Å². The number of allylic oxidation sites excluding steroid dienone is 1. The van der Waals surface area contributed by atoms with E-state index in [0.29, 0.717) is 19.0 Å². The lowest BCUT2D eigenvalue weighted by molar-refractivity contribution is 0.0169. The van der Waals surface area contributed by atoms with Crippen LogP contribution in [0.2, 0.25) is 0 Å². The molecule has 3 heterocycles. The Kier molecular flexibility index (Phi) is 2.65. The van der Waals surface area contributed by atoms with Crippen molar-refractivity contribution < 1.29 is 14.6 Å². The minimum Gasteiger partial charge on any atom is -0.388 e. The maximum atomic E-state index is 9.66. The summed E-state index contributed by atoms with van der Waals surface area (Å²) in [6.07, 6.45) is 2.73. The van der Waals surface area contributed by atoms with Crippen molar-refractivity contribution in [2.45, 2.75) is 31.3 Å². The molecule has 2 fully saturated rings. The lowest BCUT2D eigenvalue weighted by atomic mass is 10.1. The molecule has 1 aromatic rings. The molecule has 7 heteroatoms. The molecule has 4 unspecified atom stereocenters. The molecule has 7 nitrogen and oxygen atoms in total. The Balaban J connectivity index is 1.87. The number of fused-ring (bicyclic) bond motifs is 1. The predicted octanol–water partition coefficient (Wildman–Crippen LogP) is -0.594. The molecular weight excluding hydrogens is 224 g/mol. The first-order chi connectivity index (χ1) is 8.31. The zero-order chi connectivity index (χ0) is 11.8. The van der Waals surface area contributed by atoms with Gasteiger partial charge in [0.2, 0.25) is 0 Å². The molecule has 0 radical (unpaired) electrons. The largest absolute Gasteiger partial charge is 0.388 e. The van der Waals surface area contributed by atoms with Gasteiger partial charge in [-0.3, -0.25) is 0 Å². The highest BCUT2D eigenvalue weighted by atomic mass is 16.6. The smallest absolute Gasteiger partial charge is 0.174 e. The van der Waals surface area contributed by atoms with Gasteiger partial charge in [0.05, 0.1) is 13.2 Å². The monoisotopic (exact) mass is 238 g/mol. The molecule has 2 aliphatic rings. The topological polar surface area (TPSA) is 82.3 Å². The maximum Gasteiger partial charge on any atom is 0.174 e. The van der Waals surface area contributed by atoms with Gasteiger partial charge < -0.3 is 14.6 Å². The molecule has 1 N–H and O–H groups in total. The zero-order valence-corrected chi connectivity index (χ0v) is 9.43. The van der Waals surface area contributed by atoms with Crippen molar-refractivity contribution in [2.24, 2.45) is 0 Å². The summed E-state index contributed by atoms with van der Waals surface area (Å²) < 4.78 is 12.8. The molecule has 0 spiro atoms. The number of hydrogen-bond donors (Lipinski definition) is 1. The van der Waals surface area contributed by atoms with Gasteiger partial charge in [0.1, 0.15) is 24.4 Å². The average molecular weight is 238 g/mol. The van der Waals surface area contributed by atoms with E-state index < -0.39 is 6.10 Å². The van der Waals surface area contributed by atoms with E-state index in [9.17, 15) is 5.11 Å². The van der Waals surface area contributed by atoms with Crippen LogP contribution in [0.25, 0.3) is 6.08 Å². The zero-order valence-electron chi connectivity index (χ0n) is 9.43. The minimum atomic E-state index is -0.549. The summed E-state index contributed by atoms with van der Waals surface area (Å²) in [4.78, 5) is 0. The first-order valence-electron chi connectivity index (χ1n) is 5.63. The van der Waals surface area contributed by atoms with E-state index in [1.807, 2.05) is 19.1 Å². The van der Waals surface area contributed by atoms with Gasteiger partial charge in [-0.1, -0.05) is 6.08 Å². The molecular formula is C10H14N4O3. The molecule has 17 heavy (non-hydrogen) atoms. The van der Waals surface area contributed by atoms with Crippen LogP contribution in [0.15, 0.2) is 6.08 Å². The number of rotatable bonds is 2. The van der Waals surface area contributed by atoms with E-state index >= 15 is 0 Å². The number of nitrogens with zero attached hydrogens (tertiary/aromatic N) is 4. The fourth-order valence-corrected chi connectivity index (χ4v) is 2.36. The molecule has 0 aliphatic carbocycles. The third-order valence-electron chi connectivity index (χ3n) is 3.15. The Morgan fingerprint density at radius 3 is 3.00 bits per heavy atom. The summed E-state index contributed by atoms with van der Waals surface area (Å²) in [5.74, 6) is 0.673. The van der Waals surface area contributed by atoms with Crippen molar-refractivity contribution >= 4 is 6.08 Å². The number of aliphatic hydroxyl groups excluding tert-OH is 1. The van der Waals surface area contributed by atoms with Crippen molar-refractivity contribution in [1.29, 1.82) is 0 Å². The minimum absolute atomic E-state index is 0.0710. The second-order valence-electron chi connectivity index (χ2n) is 4.21. The second kappa shape index (κ2) is 4.17. The Morgan fingerprint density at radius 2 is 2.18 bits per heavy atom. The molecule has 0 bridgehead atoms. The Bertz CT molecular complexity index is 433. The summed E-state index contributed by atoms with van der Waals surface area (Å²) >= 11 is 0. The van der Waals surface area contributed by atoms with E-state index in [2.05, 4.69) is 15.5 Å². The lowest BCUT2D eigenvalue weighted by Crippen LogP contribution is -2.30. The molecule has 0 saturated carbocycles. The molecule has 1 aromatic heterocycles. The van der Waals surface area contributed by atoms with Crippen LogP contribution >= 0.6 is 0 Å². The maximum absolute atomic E-state index is 9.66. The van der Waals surface area contributed by atoms with Crippen LogP contribution in [0, 0.1) is 0 Å². The van der Waals surface area contributed by atoms with Gasteiger partial charge in [-0.25, -0.2) is 4.68 Å². The van der Waals surface area contributed by atoms with Crippen LogP contribution in [0.5, 0.6) is 0 Å². The molecule has 92 valence electrons. The quantitative estimate of drug-likeness (QED) is 0.741. The Hall–Kier alpha value is -1.31. The van der Waals surface area contributed by atoms with Crippen molar-refractivity contribution in [3.63, 3.8) is 0 Å². The number of aromatic nitrogens is 4. The van der Waals surface area contributed by atoms with Gasteiger partial charge in [-0.15, -0.1) is 5.10 Å².